The number of carbonyl (C=O) groups excluding carboxylic acids is 2. The van der Waals surface area contributed by atoms with E-state index in [4.69, 9.17) is 21.1 Å². The third-order valence-electron chi connectivity index (χ3n) is 3.42. The molecular formula is C18H19ClN2O4. The zero-order valence-corrected chi connectivity index (χ0v) is 14.7. The number of rotatable bonds is 7. The van der Waals surface area contributed by atoms with Crippen LogP contribution in [0.5, 0.6) is 5.75 Å². The van der Waals surface area contributed by atoms with E-state index < -0.39 is 5.91 Å². The van der Waals surface area contributed by atoms with Crippen molar-refractivity contribution in [1.82, 2.24) is 5.32 Å². The average Bonchev–Trinajstić information content (AvgIpc) is 2.62. The molecule has 132 valence electrons. The lowest BCUT2D eigenvalue weighted by molar-refractivity contribution is 0.0938. The van der Waals surface area contributed by atoms with Crippen molar-refractivity contribution in [2.75, 3.05) is 32.7 Å². The standard InChI is InChI=1S/C18H19ClN2O4/c1-24-10-9-20-17(22)13-5-3-4-6-15(13)21-18(23)14-11-12(19)7-8-16(14)25-2/h3-8,11H,9-10H2,1-2H3,(H,20,22)(H,21,23). The molecule has 0 heterocycles. The normalized spacial score (nSPS) is 10.2. The molecule has 0 saturated carbocycles. The van der Waals surface area contributed by atoms with Crippen molar-refractivity contribution in [2.24, 2.45) is 0 Å². The van der Waals surface area contributed by atoms with Gasteiger partial charge < -0.3 is 20.1 Å². The van der Waals surface area contributed by atoms with Crippen molar-refractivity contribution in [3.8, 4) is 5.75 Å². The monoisotopic (exact) mass is 362 g/mol. The SMILES string of the molecule is COCCNC(=O)c1ccccc1NC(=O)c1cc(Cl)ccc1OC. The van der Waals surface area contributed by atoms with Crippen LogP contribution in [-0.2, 0) is 4.74 Å². The van der Waals surface area contributed by atoms with E-state index in [9.17, 15) is 9.59 Å². The molecule has 0 bridgehead atoms. The molecule has 2 N–H and O–H groups in total. The highest BCUT2D eigenvalue weighted by atomic mass is 35.5. The van der Waals surface area contributed by atoms with Gasteiger partial charge in [0.05, 0.1) is 30.5 Å². The molecular weight excluding hydrogens is 344 g/mol. The zero-order chi connectivity index (χ0) is 18.2. The van der Waals surface area contributed by atoms with Gasteiger partial charge in [0.25, 0.3) is 11.8 Å². The van der Waals surface area contributed by atoms with Gasteiger partial charge in [-0.15, -0.1) is 0 Å². The Balaban J connectivity index is 2.22. The predicted octanol–water partition coefficient (Wildman–Crippen LogP) is 2.98. The molecule has 0 spiro atoms. The van der Waals surface area contributed by atoms with E-state index in [2.05, 4.69) is 10.6 Å². The highest BCUT2D eigenvalue weighted by Crippen LogP contribution is 2.24. The van der Waals surface area contributed by atoms with E-state index in [-0.39, 0.29) is 11.5 Å². The van der Waals surface area contributed by atoms with Crippen molar-refractivity contribution in [3.05, 3.63) is 58.6 Å². The molecule has 2 amide bonds. The van der Waals surface area contributed by atoms with Gasteiger partial charge in [0.1, 0.15) is 5.75 Å². The topological polar surface area (TPSA) is 76.7 Å². The van der Waals surface area contributed by atoms with E-state index in [1.165, 1.54) is 13.2 Å². The first-order valence-electron chi connectivity index (χ1n) is 7.58. The summed E-state index contributed by atoms with van der Waals surface area (Å²) >= 11 is 5.96. The Bertz CT molecular complexity index is 764. The second-order valence-corrected chi connectivity index (χ2v) is 5.53. The van der Waals surface area contributed by atoms with Crippen LogP contribution in [0.3, 0.4) is 0 Å². The number of methoxy groups -OCH3 is 2. The van der Waals surface area contributed by atoms with Gasteiger partial charge in [0, 0.05) is 18.7 Å². The zero-order valence-electron chi connectivity index (χ0n) is 14.0. The summed E-state index contributed by atoms with van der Waals surface area (Å²) in [7, 11) is 3.02. The molecule has 25 heavy (non-hydrogen) atoms. The second kappa shape index (κ2) is 9.05. The van der Waals surface area contributed by atoms with Gasteiger partial charge in [0.15, 0.2) is 0 Å². The average molecular weight is 363 g/mol. The van der Waals surface area contributed by atoms with Crippen LogP contribution >= 0.6 is 11.6 Å². The third-order valence-corrected chi connectivity index (χ3v) is 3.65. The Morgan fingerprint density at radius 3 is 2.52 bits per heavy atom. The minimum absolute atomic E-state index is 0.282. The molecule has 6 nitrogen and oxygen atoms in total. The molecule has 7 heteroatoms. The van der Waals surface area contributed by atoms with Crippen LogP contribution in [0.15, 0.2) is 42.5 Å². The lowest BCUT2D eigenvalue weighted by Gasteiger charge is -2.13. The second-order valence-electron chi connectivity index (χ2n) is 5.09. The maximum absolute atomic E-state index is 12.6. The molecule has 0 aromatic heterocycles. The summed E-state index contributed by atoms with van der Waals surface area (Å²) in [6.07, 6.45) is 0. The largest absolute Gasteiger partial charge is 0.496 e. The number of hydrogen-bond donors (Lipinski definition) is 2. The number of carbonyl (C=O) groups is 2. The van der Waals surface area contributed by atoms with E-state index >= 15 is 0 Å². The highest BCUT2D eigenvalue weighted by Gasteiger charge is 2.17. The van der Waals surface area contributed by atoms with Gasteiger partial charge >= 0.3 is 0 Å². The van der Waals surface area contributed by atoms with E-state index in [0.717, 1.165) is 0 Å². The van der Waals surface area contributed by atoms with Crippen molar-refractivity contribution < 1.29 is 19.1 Å². The first kappa shape index (κ1) is 18.8. The number of anilines is 1. The van der Waals surface area contributed by atoms with Crippen LogP contribution in [0, 0.1) is 0 Å². The molecule has 0 atom stereocenters. The van der Waals surface area contributed by atoms with Gasteiger partial charge in [-0.1, -0.05) is 23.7 Å². The smallest absolute Gasteiger partial charge is 0.259 e. The van der Waals surface area contributed by atoms with Gasteiger partial charge in [0.2, 0.25) is 0 Å². The molecule has 2 rings (SSSR count). The molecule has 2 aromatic rings. The Morgan fingerprint density at radius 2 is 1.80 bits per heavy atom. The van der Waals surface area contributed by atoms with Crippen LogP contribution < -0.4 is 15.4 Å². The number of nitrogens with one attached hydrogen (secondary N) is 2. The summed E-state index contributed by atoms with van der Waals surface area (Å²) in [5.74, 6) is -0.327. The summed E-state index contributed by atoms with van der Waals surface area (Å²) in [6, 6.07) is 11.5. The molecule has 0 fully saturated rings. The Kier molecular flexibility index (Phi) is 6.80. The lowest BCUT2D eigenvalue weighted by atomic mass is 10.1. The van der Waals surface area contributed by atoms with E-state index in [1.54, 1.807) is 43.5 Å². The highest BCUT2D eigenvalue weighted by molar-refractivity contribution is 6.31. The number of benzene rings is 2. The fraction of sp³-hybridized carbons (Fsp3) is 0.222. The van der Waals surface area contributed by atoms with Crippen molar-refractivity contribution in [3.63, 3.8) is 0 Å². The predicted molar refractivity (Wildman–Crippen MR) is 96.6 cm³/mol. The molecule has 0 aliphatic heterocycles. The van der Waals surface area contributed by atoms with Crippen molar-refractivity contribution in [1.29, 1.82) is 0 Å². The van der Waals surface area contributed by atoms with Gasteiger partial charge in [-0.2, -0.15) is 0 Å². The fourth-order valence-electron chi connectivity index (χ4n) is 2.20. The first-order chi connectivity index (χ1) is 12.1. The summed E-state index contributed by atoms with van der Waals surface area (Å²) in [4.78, 5) is 24.9. The van der Waals surface area contributed by atoms with Crippen LogP contribution in [0.4, 0.5) is 5.69 Å². The minimum atomic E-state index is -0.420. The Hall–Kier alpha value is -2.57. The van der Waals surface area contributed by atoms with Crippen LogP contribution in [0.25, 0.3) is 0 Å². The Labute approximate surface area is 151 Å². The van der Waals surface area contributed by atoms with E-state index in [1.807, 2.05) is 0 Å². The summed E-state index contributed by atoms with van der Waals surface area (Å²) in [5.41, 5.74) is 1.03. The van der Waals surface area contributed by atoms with Crippen LogP contribution in [0.2, 0.25) is 5.02 Å². The summed E-state index contributed by atoms with van der Waals surface area (Å²) in [6.45, 7) is 0.777. The third kappa shape index (κ3) is 4.95. The molecule has 0 saturated heterocycles. The number of amides is 2. The molecule has 0 unspecified atom stereocenters. The summed E-state index contributed by atoms with van der Waals surface area (Å²) in [5, 5.41) is 5.87. The van der Waals surface area contributed by atoms with Gasteiger partial charge in [-0.05, 0) is 30.3 Å². The number of halogens is 1. The quantitative estimate of drug-likeness (QED) is 0.742. The van der Waals surface area contributed by atoms with Gasteiger partial charge in [-0.25, -0.2) is 0 Å². The van der Waals surface area contributed by atoms with Crippen LogP contribution in [-0.4, -0.2) is 39.2 Å². The molecule has 0 aliphatic rings. The number of para-hydroxylation sites is 1. The van der Waals surface area contributed by atoms with Gasteiger partial charge in [-0.3, -0.25) is 9.59 Å². The van der Waals surface area contributed by atoms with Crippen molar-refractivity contribution >= 4 is 29.1 Å². The first-order valence-corrected chi connectivity index (χ1v) is 7.95. The van der Waals surface area contributed by atoms with E-state index in [0.29, 0.717) is 35.2 Å². The molecule has 0 aliphatic carbocycles. The summed E-state index contributed by atoms with van der Waals surface area (Å²) < 4.78 is 10.1. The number of ether oxygens (including phenoxy) is 2. The maximum Gasteiger partial charge on any atom is 0.259 e. The minimum Gasteiger partial charge on any atom is -0.496 e. The Morgan fingerprint density at radius 1 is 1.04 bits per heavy atom. The molecule has 0 radical (unpaired) electrons. The van der Waals surface area contributed by atoms with Crippen molar-refractivity contribution in [2.45, 2.75) is 0 Å². The fourth-order valence-corrected chi connectivity index (χ4v) is 2.37. The number of hydrogen-bond acceptors (Lipinski definition) is 4. The van der Waals surface area contributed by atoms with Crippen LogP contribution in [0.1, 0.15) is 20.7 Å². The molecule has 2 aromatic carbocycles. The lowest BCUT2D eigenvalue weighted by Crippen LogP contribution is -2.28. The maximum atomic E-state index is 12.6.